The number of ether oxygens (including phenoxy) is 2. The Labute approximate surface area is 112 Å². The van der Waals surface area contributed by atoms with E-state index in [-0.39, 0.29) is 11.9 Å². The number of hydrogen-bond acceptors (Lipinski definition) is 3. The van der Waals surface area contributed by atoms with E-state index in [2.05, 4.69) is 0 Å². The van der Waals surface area contributed by atoms with Crippen molar-refractivity contribution in [3.63, 3.8) is 0 Å². The Morgan fingerprint density at radius 3 is 2.56 bits per heavy atom. The van der Waals surface area contributed by atoms with Crippen LogP contribution in [-0.4, -0.2) is 44.0 Å². The van der Waals surface area contributed by atoms with Gasteiger partial charge in [-0.3, -0.25) is 4.79 Å². The second kappa shape index (κ2) is 6.50. The van der Waals surface area contributed by atoms with E-state index in [4.69, 9.17) is 21.1 Å². The zero-order valence-electron chi connectivity index (χ0n) is 11.1. The molecule has 0 radical (unpaired) electrons. The number of hydrogen-bond donors (Lipinski definition) is 0. The Hall–Kier alpha value is -1.42. The number of amides is 1. The molecule has 0 saturated carbocycles. The van der Waals surface area contributed by atoms with Crippen molar-refractivity contribution in [3.05, 3.63) is 23.8 Å². The van der Waals surface area contributed by atoms with Gasteiger partial charge in [-0.15, -0.1) is 11.6 Å². The molecule has 0 fully saturated rings. The lowest BCUT2D eigenvalue weighted by Gasteiger charge is -2.24. The lowest BCUT2D eigenvalue weighted by molar-refractivity contribution is 0.0753. The average Bonchev–Trinajstić information content (AvgIpc) is 2.43. The minimum Gasteiger partial charge on any atom is -0.497 e. The molecule has 4 nitrogen and oxygen atoms in total. The molecule has 0 aliphatic heterocycles. The van der Waals surface area contributed by atoms with Gasteiger partial charge in [0, 0.05) is 19.0 Å². The Bertz CT molecular complexity index is 423. The summed E-state index contributed by atoms with van der Waals surface area (Å²) in [5.74, 6) is 1.38. The maximum Gasteiger partial charge on any atom is 0.257 e. The van der Waals surface area contributed by atoms with E-state index < -0.39 is 0 Å². The third kappa shape index (κ3) is 3.07. The summed E-state index contributed by atoms with van der Waals surface area (Å²) in [7, 11) is 4.80. The topological polar surface area (TPSA) is 38.8 Å². The summed E-state index contributed by atoms with van der Waals surface area (Å²) in [5, 5.41) is 0. The minimum absolute atomic E-state index is 0.0462. The number of carbonyl (C=O) groups excluding carboxylic acids is 1. The fourth-order valence-corrected chi connectivity index (χ4v) is 1.68. The van der Waals surface area contributed by atoms with Crippen LogP contribution < -0.4 is 9.47 Å². The van der Waals surface area contributed by atoms with Crippen molar-refractivity contribution in [2.75, 3.05) is 27.1 Å². The lowest BCUT2D eigenvalue weighted by atomic mass is 10.1. The highest BCUT2D eigenvalue weighted by atomic mass is 35.5. The van der Waals surface area contributed by atoms with E-state index >= 15 is 0 Å². The number of nitrogens with zero attached hydrogens (tertiary/aromatic N) is 1. The van der Waals surface area contributed by atoms with Crippen LogP contribution in [0.2, 0.25) is 0 Å². The maximum absolute atomic E-state index is 12.3. The zero-order valence-corrected chi connectivity index (χ0v) is 11.8. The van der Waals surface area contributed by atoms with Gasteiger partial charge in [-0.2, -0.15) is 0 Å². The average molecular weight is 272 g/mol. The van der Waals surface area contributed by atoms with Gasteiger partial charge in [-0.1, -0.05) is 0 Å². The highest BCUT2D eigenvalue weighted by Crippen LogP contribution is 2.25. The number of carbonyl (C=O) groups is 1. The number of alkyl halides is 1. The van der Waals surface area contributed by atoms with Crippen LogP contribution in [0.3, 0.4) is 0 Å². The van der Waals surface area contributed by atoms with Gasteiger partial charge in [-0.05, 0) is 25.1 Å². The Morgan fingerprint density at radius 2 is 2.06 bits per heavy atom. The van der Waals surface area contributed by atoms with E-state index in [0.29, 0.717) is 22.9 Å². The molecule has 5 heteroatoms. The summed E-state index contributed by atoms with van der Waals surface area (Å²) in [6, 6.07) is 5.08. The van der Waals surface area contributed by atoms with Crippen LogP contribution in [0.5, 0.6) is 11.5 Å². The zero-order chi connectivity index (χ0) is 13.7. The van der Waals surface area contributed by atoms with Gasteiger partial charge >= 0.3 is 0 Å². The first-order valence-corrected chi connectivity index (χ1v) is 6.13. The molecule has 0 spiro atoms. The van der Waals surface area contributed by atoms with Crippen molar-refractivity contribution in [3.8, 4) is 11.5 Å². The van der Waals surface area contributed by atoms with Gasteiger partial charge in [0.2, 0.25) is 0 Å². The molecule has 1 rings (SSSR count). The molecular formula is C13H18ClNO3. The van der Waals surface area contributed by atoms with Crippen LogP contribution in [-0.2, 0) is 0 Å². The molecule has 1 aromatic rings. The summed E-state index contributed by atoms with van der Waals surface area (Å²) in [4.78, 5) is 13.9. The largest absolute Gasteiger partial charge is 0.497 e. The number of halogens is 1. The Morgan fingerprint density at radius 1 is 1.39 bits per heavy atom. The second-order valence-corrected chi connectivity index (χ2v) is 4.29. The highest BCUT2D eigenvalue weighted by molar-refractivity contribution is 6.18. The first-order chi connectivity index (χ1) is 8.54. The smallest absolute Gasteiger partial charge is 0.257 e. The summed E-state index contributed by atoms with van der Waals surface area (Å²) < 4.78 is 10.3. The van der Waals surface area contributed by atoms with Gasteiger partial charge in [0.15, 0.2) is 0 Å². The lowest BCUT2D eigenvalue weighted by Crippen LogP contribution is -2.36. The Kier molecular flexibility index (Phi) is 5.28. The number of methoxy groups -OCH3 is 2. The minimum atomic E-state index is -0.140. The van der Waals surface area contributed by atoms with E-state index in [1.54, 1.807) is 37.3 Å². The molecule has 0 saturated heterocycles. The van der Waals surface area contributed by atoms with Gasteiger partial charge in [0.1, 0.15) is 11.5 Å². The molecule has 1 unspecified atom stereocenters. The van der Waals surface area contributed by atoms with E-state index in [1.165, 1.54) is 7.11 Å². The predicted molar refractivity (Wildman–Crippen MR) is 71.8 cm³/mol. The SMILES string of the molecule is COc1ccc(OC)c(C(=O)N(C)C(C)CCl)c1. The van der Waals surface area contributed by atoms with Crippen molar-refractivity contribution < 1.29 is 14.3 Å². The number of benzene rings is 1. The van der Waals surface area contributed by atoms with Crippen LogP contribution in [0.4, 0.5) is 0 Å². The summed E-state index contributed by atoms with van der Waals surface area (Å²) >= 11 is 5.76. The fraction of sp³-hybridized carbons (Fsp3) is 0.462. The normalized spacial score (nSPS) is 11.8. The fourth-order valence-electron chi connectivity index (χ4n) is 1.47. The number of rotatable bonds is 5. The van der Waals surface area contributed by atoms with Crippen molar-refractivity contribution >= 4 is 17.5 Å². The second-order valence-electron chi connectivity index (χ2n) is 3.99. The molecule has 0 N–H and O–H groups in total. The van der Waals surface area contributed by atoms with Crippen LogP contribution in [0.1, 0.15) is 17.3 Å². The van der Waals surface area contributed by atoms with Crippen molar-refractivity contribution in [2.45, 2.75) is 13.0 Å². The first-order valence-electron chi connectivity index (χ1n) is 5.60. The van der Waals surface area contributed by atoms with Crippen molar-refractivity contribution in [1.29, 1.82) is 0 Å². The summed E-state index contributed by atoms with van der Waals surface area (Å²) in [6.07, 6.45) is 0. The van der Waals surface area contributed by atoms with Crippen molar-refractivity contribution in [1.82, 2.24) is 4.90 Å². The first kappa shape index (κ1) is 14.6. The standard InChI is InChI=1S/C13H18ClNO3/c1-9(8-14)15(2)13(16)11-7-10(17-3)5-6-12(11)18-4/h5-7,9H,8H2,1-4H3. The third-order valence-corrected chi connectivity index (χ3v) is 3.29. The molecule has 0 heterocycles. The van der Waals surface area contributed by atoms with Crippen LogP contribution in [0.25, 0.3) is 0 Å². The quantitative estimate of drug-likeness (QED) is 0.772. The van der Waals surface area contributed by atoms with E-state index in [0.717, 1.165) is 0 Å². The van der Waals surface area contributed by atoms with Gasteiger partial charge in [0.25, 0.3) is 5.91 Å². The molecule has 0 aromatic heterocycles. The van der Waals surface area contributed by atoms with Gasteiger partial charge < -0.3 is 14.4 Å². The van der Waals surface area contributed by atoms with Crippen molar-refractivity contribution in [2.24, 2.45) is 0 Å². The van der Waals surface area contributed by atoms with Gasteiger partial charge in [0.05, 0.1) is 19.8 Å². The molecule has 1 atom stereocenters. The third-order valence-electron chi connectivity index (χ3n) is 2.84. The molecule has 0 aliphatic rings. The molecule has 1 aromatic carbocycles. The van der Waals surface area contributed by atoms with Crippen LogP contribution in [0, 0.1) is 0 Å². The molecule has 0 aliphatic carbocycles. The predicted octanol–water partition coefficient (Wildman–Crippen LogP) is 2.40. The molecule has 0 bridgehead atoms. The van der Waals surface area contributed by atoms with E-state index in [1.807, 2.05) is 6.92 Å². The van der Waals surface area contributed by atoms with E-state index in [9.17, 15) is 4.79 Å². The molecule has 100 valence electrons. The summed E-state index contributed by atoms with van der Waals surface area (Å²) in [6.45, 7) is 1.89. The van der Waals surface area contributed by atoms with Crippen LogP contribution in [0.15, 0.2) is 18.2 Å². The highest BCUT2D eigenvalue weighted by Gasteiger charge is 2.20. The maximum atomic E-state index is 12.3. The Balaban J connectivity index is 3.10. The molecular weight excluding hydrogens is 254 g/mol. The van der Waals surface area contributed by atoms with Gasteiger partial charge in [-0.25, -0.2) is 0 Å². The monoisotopic (exact) mass is 271 g/mol. The van der Waals surface area contributed by atoms with Crippen LogP contribution >= 0.6 is 11.6 Å². The summed E-state index contributed by atoms with van der Waals surface area (Å²) in [5.41, 5.74) is 0.469. The molecule has 1 amide bonds. The molecule has 18 heavy (non-hydrogen) atoms.